The van der Waals surface area contributed by atoms with Crippen molar-refractivity contribution in [3.8, 4) is 0 Å². The second-order valence-electron chi connectivity index (χ2n) is 5.38. The van der Waals surface area contributed by atoms with Crippen LogP contribution in [-0.4, -0.2) is 18.5 Å². The second kappa shape index (κ2) is 8.10. The molecule has 0 aliphatic heterocycles. The van der Waals surface area contributed by atoms with E-state index in [1.165, 1.54) is 0 Å². The molecule has 0 atom stereocenters. The number of carbonyl (C=O) groups excluding carboxylic acids is 2. The van der Waals surface area contributed by atoms with Crippen molar-refractivity contribution in [3.05, 3.63) is 63.2 Å². The zero-order valence-electron chi connectivity index (χ0n) is 13.0. The van der Waals surface area contributed by atoms with E-state index in [0.29, 0.717) is 5.56 Å². The summed E-state index contributed by atoms with van der Waals surface area (Å²) in [6.45, 7) is 3.82. The van der Waals surface area contributed by atoms with Crippen molar-refractivity contribution in [3.63, 3.8) is 0 Å². The molecule has 0 unspecified atom stereocenters. The van der Waals surface area contributed by atoms with Crippen LogP contribution in [0.15, 0.2) is 48.5 Å². The molecule has 2 aromatic rings. The highest BCUT2D eigenvalue weighted by Gasteiger charge is 2.13. The predicted molar refractivity (Wildman–Crippen MR) is 98.6 cm³/mol. The van der Waals surface area contributed by atoms with E-state index in [0.717, 1.165) is 14.8 Å². The molecule has 0 radical (unpaired) electrons. The predicted octanol–water partition coefficient (Wildman–Crippen LogP) is 4.21. The Morgan fingerprint density at radius 1 is 1.13 bits per heavy atom. The van der Waals surface area contributed by atoms with Gasteiger partial charge in [-0.3, -0.25) is 4.79 Å². The number of halogens is 1. The molecule has 0 saturated carbocycles. The smallest absolute Gasteiger partial charge is 0.338 e. The number of hydrogen-bond acceptors (Lipinski definition) is 3. The summed E-state index contributed by atoms with van der Waals surface area (Å²) in [5.74, 6) is -0.572. The average molecular weight is 423 g/mol. The summed E-state index contributed by atoms with van der Waals surface area (Å²) < 4.78 is 6.14. The van der Waals surface area contributed by atoms with Crippen molar-refractivity contribution in [2.75, 3.05) is 11.9 Å². The van der Waals surface area contributed by atoms with Crippen LogP contribution in [0.4, 0.5) is 5.69 Å². The summed E-state index contributed by atoms with van der Waals surface area (Å²) in [4.78, 5) is 23.8. The van der Waals surface area contributed by atoms with E-state index in [4.69, 9.17) is 4.74 Å². The molecule has 2 rings (SSSR count). The molecule has 0 fully saturated rings. The zero-order valence-corrected chi connectivity index (χ0v) is 15.2. The average Bonchev–Trinajstić information content (AvgIpc) is 2.55. The Morgan fingerprint density at radius 2 is 1.83 bits per heavy atom. The van der Waals surface area contributed by atoms with Crippen molar-refractivity contribution < 1.29 is 14.3 Å². The molecular weight excluding hydrogens is 405 g/mol. The summed E-state index contributed by atoms with van der Waals surface area (Å²) >= 11 is 2.24. The summed E-state index contributed by atoms with van der Waals surface area (Å²) in [5.41, 5.74) is 2.23. The molecule has 23 heavy (non-hydrogen) atoms. The van der Waals surface area contributed by atoms with Gasteiger partial charge in [-0.2, -0.15) is 0 Å². The van der Waals surface area contributed by atoms with Gasteiger partial charge in [0.25, 0.3) is 5.91 Å². The van der Waals surface area contributed by atoms with Crippen LogP contribution in [0.1, 0.15) is 35.7 Å². The number of amides is 1. The lowest BCUT2D eigenvalue weighted by Gasteiger charge is -2.14. The lowest BCUT2D eigenvalue weighted by molar-refractivity contribution is -0.119. The molecule has 0 aliphatic rings. The van der Waals surface area contributed by atoms with Crippen molar-refractivity contribution in [1.82, 2.24) is 0 Å². The first-order valence-corrected chi connectivity index (χ1v) is 8.36. The Balaban J connectivity index is 1.97. The topological polar surface area (TPSA) is 55.4 Å². The van der Waals surface area contributed by atoms with E-state index in [-0.39, 0.29) is 18.4 Å². The van der Waals surface area contributed by atoms with Gasteiger partial charge in [0.15, 0.2) is 6.61 Å². The molecule has 120 valence electrons. The van der Waals surface area contributed by atoms with Gasteiger partial charge in [-0.1, -0.05) is 32.0 Å². The SMILES string of the molecule is CC(C)c1cc(I)ccc1NC(=O)COC(=O)c1ccccc1. The summed E-state index contributed by atoms with van der Waals surface area (Å²) in [5, 5.41) is 2.81. The lowest BCUT2D eigenvalue weighted by atomic mass is 10.0. The van der Waals surface area contributed by atoms with Gasteiger partial charge in [0.05, 0.1) is 5.56 Å². The van der Waals surface area contributed by atoms with Gasteiger partial charge in [0.2, 0.25) is 0 Å². The third-order valence-electron chi connectivity index (χ3n) is 3.25. The minimum absolute atomic E-state index is 0.284. The first kappa shape index (κ1) is 17.5. The van der Waals surface area contributed by atoms with Gasteiger partial charge < -0.3 is 10.1 Å². The van der Waals surface area contributed by atoms with Crippen molar-refractivity contribution in [2.45, 2.75) is 19.8 Å². The van der Waals surface area contributed by atoms with Gasteiger partial charge in [-0.15, -0.1) is 0 Å². The van der Waals surface area contributed by atoms with Crippen molar-refractivity contribution in [1.29, 1.82) is 0 Å². The summed E-state index contributed by atoms with van der Waals surface area (Å²) in [7, 11) is 0. The number of esters is 1. The van der Waals surface area contributed by atoms with Crippen LogP contribution in [0.3, 0.4) is 0 Å². The number of nitrogens with one attached hydrogen (secondary N) is 1. The number of rotatable bonds is 5. The van der Waals surface area contributed by atoms with Gasteiger partial charge in [-0.25, -0.2) is 4.79 Å². The number of benzene rings is 2. The Bertz CT molecular complexity index is 699. The van der Waals surface area contributed by atoms with E-state index in [1.54, 1.807) is 24.3 Å². The zero-order chi connectivity index (χ0) is 16.8. The Morgan fingerprint density at radius 3 is 2.48 bits per heavy atom. The van der Waals surface area contributed by atoms with Crippen LogP contribution in [-0.2, 0) is 9.53 Å². The molecule has 0 aromatic heterocycles. The maximum Gasteiger partial charge on any atom is 0.338 e. The number of carbonyl (C=O) groups is 2. The van der Waals surface area contributed by atoms with Crippen LogP contribution in [0.5, 0.6) is 0 Å². The van der Waals surface area contributed by atoms with E-state index >= 15 is 0 Å². The van der Waals surface area contributed by atoms with Crippen LogP contribution >= 0.6 is 22.6 Å². The quantitative estimate of drug-likeness (QED) is 0.579. The summed E-state index contributed by atoms with van der Waals surface area (Å²) in [6, 6.07) is 14.4. The van der Waals surface area contributed by atoms with Crippen LogP contribution < -0.4 is 5.32 Å². The van der Waals surface area contributed by atoms with Crippen molar-refractivity contribution >= 4 is 40.2 Å². The molecule has 0 aliphatic carbocycles. The Labute approximate surface area is 149 Å². The van der Waals surface area contributed by atoms with E-state index in [1.807, 2.05) is 24.3 Å². The molecule has 0 heterocycles. The van der Waals surface area contributed by atoms with Gasteiger partial charge in [0, 0.05) is 9.26 Å². The molecular formula is C18H18INO3. The fraction of sp³-hybridized carbons (Fsp3) is 0.222. The molecule has 0 bridgehead atoms. The minimum Gasteiger partial charge on any atom is -0.452 e. The normalized spacial score (nSPS) is 10.4. The van der Waals surface area contributed by atoms with Crippen molar-refractivity contribution in [2.24, 2.45) is 0 Å². The fourth-order valence-electron chi connectivity index (χ4n) is 2.10. The Kier molecular flexibility index (Phi) is 6.15. The summed E-state index contributed by atoms with van der Waals surface area (Å²) in [6.07, 6.45) is 0. The van der Waals surface area contributed by atoms with Crippen LogP contribution in [0, 0.1) is 3.57 Å². The fourth-order valence-corrected chi connectivity index (χ4v) is 2.62. The van der Waals surface area contributed by atoms with Gasteiger partial charge in [0.1, 0.15) is 0 Å². The first-order chi connectivity index (χ1) is 11.0. The molecule has 0 saturated heterocycles. The molecule has 0 spiro atoms. The lowest BCUT2D eigenvalue weighted by Crippen LogP contribution is -2.21. The first-order valence-electron chi connectivity index (χ1n) is 7.29. The number of ether oxygens (including phenoxy) is 1. The van der Waals surface area contributed by atoms with Crippen LogP contribution in [0.2, 0.25) is 0 Å². The van der Waals surface area contributed by atoms with Crippen LogP contribution in [0.25, 0.3) is 0 Å². The third-order valence-corrected chi connectivity index (χ3v) is 3.92. The second-order valence-corrected chi connectivity index (χ2v) is 6.62. The number of hydrogen-bond donors (Lipinski definition) is 1. The monoisotopic (exact) mass is 423 g/mol. The highest BCUT2D eigenvalue weighted by atomic mass is 127. The maximum absolute atomic E-state index is 12.0. The van der Waals surface area contributed by atoms with Gasteiger partial charge in [-0.05, 0) is 64.4 Å². The van der Waals surface area contributed by atoms with E-state index < -0.39 is 5.97 Å². The van der Waals surface area contributed by atoms with Gasteiger partial charge >= 0.3 is 5.97 Å². The van der Waals surface area contributed by atoms with E-state index in [9.17, 15) is 9.59 Å². The molecule has 1 N–H and O–H groups in total. The standard InChI is InChI=1S/C18H18INO3/c1-12(2)15-10-14(19)8-9-16(15)20-17(21)11-23-18(22)13-6-4-3-5-7-13/h3-10,12H,11H2,1-2H3,(H,20,21). The van der Waals surface area contributed by atoms with E-state index in [2.05, 4.69) is 41.8 Å². The molecule has 4 nitrogen and oxygen atoms in total. The third kappa shape index (κ3) is 5.06. The highest BCUT2D eigenvalue weighted by molar-refractivity contribution is 14.1. The highest BCUT2D eigenvalue weighted by Crippen LogP contribution is 2.26. The minimum atomic E-state index is -0.507. The molecule has 1 amide bonds. The Hall–Kier alpha value is -1.89. The molecule has 5 heteroatoms. The molecule has 2 aromatic carbocycles. The largest absolute Gasteiger partial charge is 0.452 e. The number of anilines is 1. The maximum atomic E-state index is 12.0.